The topological polar surface area (TPSA) is 49.9 Å². The Kier molecular flexibility index (Phi) is 6.33. The normalized spacial score (nSPS) is 21.4. The number of nitrogens with zero attached hydrogens (tertiary/aromatic N) is 2. The molecule has 0 radical (unpaired) electrons. The van der Waals surface area contributed by atoms with Crippen LogP contribution in [0, 0.1) is 25.7 Å². The van der Waals surface area contributed by atoms with Gasteiger partial charge in [-0.15, -0.1) is 0 Å². The lowest BCUT2D eigenvalue weighted by Gasteiger charge is -2.37. The predicted molar refractivity (Wildman–Crippen MR) is 132 cm³/mol. The maximum absolute atomic E-state index is 13.9. The van der Waals surface area contributed by atoms with Gasteiger partial charge in [-0.25, -0.2) is 4.90 Å². The fourth-order valence-electron chi connectivity index (χ4n) is 5.09. The fraction of sp³-hybridized carbons (Fsp3) is 0.429. The number of amides is 2. The third-order valence-electron chi connectivity index (χ3n) is 6.58. The number of ether oxygens (including phenoxy) is 1. The van der Waals surface area contributed by atoms with Gasteiger partial charge in [0.1, 0.15) is 11.4 Å². The monoisotopic (exact) mass is 446 g/mol. The molecule has 5 nitrogen and oxygen atoms in total. The SMILES string of the molecule is Cc1cccc(N2C(=O)C(c3ccc(OC(C)C)cc3)=C(N3CC(C)CC(C)C3)C2=O)c1C. The van der Waals surface area contributed by atoms with Gasteiger partial charge in [-0.3, -0.25) is 9.59 Å². The van der Waals surface area contributed by atoms with E-state index >= 15 is 0 Å². The number of anilines is 1. The van der Waals surface area contributed by atoms with Crippen molar-refractivity contribution in [2.24, 2.45) is 11.8 Å². The lowest BCUT2D eigenvalue weighted by atomic mass is 9.91. The van der Waals surface area contributed by atoms with Crippen LogP contribution in [0.15, 0.2) is 48.2 Å². The second kappa shape index (κ2) is 9.05. The average molecular weight is 447 g/mol. The second-order valence-electron chi connectivity index (χ2n) is 9.93. The minimum absolute atomic E-state index is 0.0661. The van der Waals surface area contributed by atoms with Crippen molar-refractivity contribution in [3.63, 3.8) is 0 Å². The Balaban J connectivity index is 1.82. The molecular weight excluding hydrogens is 412 g/mol. The quantitative estimate of drug-likeness (QED) is 0.581. The Bertz CT molecular complexity index is 1090. The average Bonchev–Trinajstić information content (AvgIpc) is 3.00. The van der Waals surface area contributed by atoms with Gasteiger partial charge >= 0.3 is 0 Å². The smallest absolute Gasteiger partial charge is 0.282 e. The molecule has 33 heavy (non-hydrogen) atoms. The van der Waals surface area contributed by atoms with Crippen LogP contribution in [0.25, 0.3) is 5.57 Å². The summed E-state index contributed by atoms with van der Waals surface area (Å²) in [6.45, 7) is 13.9. The van der Waals surface area contributed by atoms with E-state index in [1.54, 1.807) is 0 Å². The van der Waals surface area contributed by atoms with Crippen LogP contribution >= 0.6 is 0 Å². The lowest BCUT2D eigenvalue weighted by Crippen LogP contribution is -2.42. The highest BCUT2D eigenvalue weighted by atomic mass is 16.5. The number of piperidine rings is 1. The fourth-order valence-corrected chi connectivity index (χ4v) is 5.09. The van der Waals surface area contributed by atoms with Gasteiger partial charge < -0.3 is 9.64 Å². The van der Waals surface area contributed by atoms with E-state index in [4.69, 9.17) is 4.74 Å². The molecule has 0 spiro atoms. The van der Waals surface area contributed by atoms with Crippen molar-refractivity contribution >= 4 is 23.1 Å². The standard InChI is InChI=1S/C28H34N2O3/c1-17(2)33-23-12-10-22(11-13-23)25-26(29-15-18(3)14-19(4)16-29)28(32)30(27(25)31)24-9-7-8-20(5)21(24)6/h7-13,17-19H,14-16H2,1-6H3. The largest absolute Gasteiger partial charge is 0.491 e. The molecule has 0 N–H and O–H groups in total. The first-order valence-corrected chi connectivity index (χ1v) is 11.9. The summed E-state index contributed by atoms with van der Waals surface area (Å²) in [7, 11) is 0. The Labute approximate surface area is 197 Å². The molecule has 2 atom stereocenters. The van der Waals surface area contributed by atoms with E-state index in [0.29, 0.717) is 28.8 Å². The molecule has 2 amide bonds. The highest BCUT2D eigenvalue weighted by Gasteiger charge is 2.44. The van der Waals surface area contributed by atoms with E-state index in [2.05, 4.69) is 18.7 Å². The van der Waals surface area contributed by atoms with E-state index in [1.165, 1.54) is 4.90 Å². The molecule has 0 saturated carbocycles. The molecule has 2 aliphatic rings. The third-order valence-corrected chi connectivity index (χ3v) is 6.58. The van der Waals surface area contributed by atoms with Crippen LogP contribution in [0.2, 0.25) is 0 Å². The van der Waals surface area contributed by atoms with E-state index in [0.717, 1.165) is 42.0 Å². The number of carbonyl (C=O) groups is 2. The maximum Gasteiger partial charge on any atom is 0.282 e. The van der Waals surface area contributed by atoms with Crippen LogP contribution < -0.4 is 9.64 Å². The van der Waals surface area contributed by atoms with Crippen LogP contribution in [0.3, 0.4) is 0 Å². The highest BCUT2D eigenvalue weighted by molar-refractivity contribution is 6.45. The van der Waals surface area contributed by atoms with Crippen LogP contribution in [0.4, 0.5) is 5.69 Å². The summed E-state index contributed by atoms with van der Waals surface area (Å²) in [6, 6.07) is 13.3. The lowest BCUT2D eigenvalue weighted by molar-refractivity contribution is -0.120. The molecule has 4 rings (SSSR count). The van der Waals surface area contributed by atoms with Crippen LogP contribution in [0.1, 0.15) is 50.8 Å². The van der Waals surface area contributed by atoms with Crippen LogP contribution in [-0.2, 0) is 9.59 Å². The van der Waals surface area contributed by atoms with Crippen molar-refractivity contribution in [1.82, 2.24) is 4.90 Å². The van der Waals surface area contributed by atoms with Crippen LogP contribution in [-0.4, -0.2) is 35.9 Å². The molecule has 0 aromatic heterocycles. The molecule has 0 aliphatic carbocycles. The van der Waals surface area contributed by atoms with E-state index in [-0.39, 0.29) is 17.9 Å². The van der Waals surface area contributed by atoms with Crippen molar-refractivity contribution in [2.75, 3.05) is 18.0 Å². The molecular formula is C28H34N2O3. The van der Waals surface area contributed by atoms with Crippen molar-refractivity contribution in [3.05, 3.63) is 64.9 Å². The van der Waals surface area contributed by atoms with Gasteiger partial charge in [-0.05, 0) is 80.8 Å². The Morgan fingerprint density at radius 3 is 2.15 bits per heavy atom. The van der Waals surface area contributed by atoms with E-state index < -0.39 is 0 Å². The van der Waals surface area contributed by atoms with Crippen molar-refractivity contribution in [1.29, 1.82) is 0 Å². The second-order valence-corrected chi connectivity index (χ2v) is 9.93. The number of likely N-dealkylation sites (tertiary alicyclic amines) is 1. The number of hydrogen-bond acceptors (Lipinski definition) is 4. The van der Waals surface area contributed by atoms with Gasteiger partial charge in [-0.2, -0.15) is 0 Å². The van der Waals surface area contributed by atoms with Gasteiger partial charge in [0.15, 0.2) is 0 Å². The molecule has 0 bridgehead atoms. The van der Waals surface area contributed by atoms with Crippen molar-refractivity contribution in [3.8, 4) is 5.75 Å². The zero-order chi connectivity index (χ0) is 23.9. The van der Waals surface area contributed by atoms with Crippen molar-refractivity contribution < 1.29 is 14.3 Å². The van der Waals surface area contributed by atoms with Gasteiger partial charge in [0.05, 0.1) is 17.4 Å². The zero-order valence-electron chi connectivity index (χ0n) is 20.5. The molecule has 5 heteroatoms. The zero-order valence-corrected chi connectivity index (χ0v) is 20.5. The number of carbonyl (C=O) groups excluding carboxylic acids is 2. The van der Waals surface area contributed by atoms with Gasteiger partial charge in [0, 0.05) is 13.1 Å². The first-order chi connectivity index (χ1) is 15.7. The summed E-state index contributed by atoms with van der Waals surface area (Å²) in [5.41, 5.74) is 4.42. The van der Waals surface area contributed by atoms with Crippen molar-refractivity contribution in [2.45, 2.75) is 54.1 Å². The first-order valence-electron chi connectivity index (χ1n) is 11.9. The highest BCUT2D eigenvalue weighted by Crippen LogP contribution is 2.39. The molecule has 2 aromatic rings. The summed E-state index contributed by atoms with van der Waals surface area (Å²) >= 11 is 0. The summed E-state index contributed by atoms with van der Waals surface area (Å²) in [4.78, 5) is 31.2. The number of rotatable bonds is 5. The number of benzene rings is 2. The Morgan fingerprint density at radius 1 is 0.909 bits per heavy atom. The third kappa shape index (κ3) is 4.41. The van der Waals surface area contributed by atoms with E-state index in [9.17, 15) is 9.59 Å². The van der Waals surface area contributed by atoms with Crippen LogP contribution in [0.5, 0.6) is 5.75 Å². The molecule has 2 aliphatic heterocycles. The van der Waals surface area contributed by atoms with E-state index in [1.807, 2.05) is 70.2 Å². The molecule has 1 saturated heterocycles. The van der Waals surface area contributed by atoms with Gasteiger partial charge in [0.2, 0.25) is 0 Å². The Hall–Kier alpha value is -3.08. The summed E-state index contributed by atoms with van der Waals surface area (Å²) in [5, 5.41) is 0. The summed E-state index contributed by atoms with van der Waals surface area (Å²) in [6.07, 6.45) is 1.19. The summed E-state index contributed by atoms with van der Waals surface area (Å²) < 4.78 is 5.78. The summed E-state index contributed by atoms with van der Waals surface area (Å²) in [5.74, 6) is 1.18. The predicted octanol–water partition coefficient (Wildman–Crippen LogP) is 5.35. The minimum atomic E-state index is -0.257. The number of hydrogen-bond donors (Lipinski definition) is 0. The molecule has 2 aromatic carbocycles. The molecule has 174 valence electrons. The molecule has 2 heterocycles. The minimum Gasteiger partial charge on any atom is -0.491 e. The molecule has 2 unspecified atom stereocenters. The first kappa shape index (κ1) is 23.1. The Morgan fingerprint density at radius 2 is 1.55 bits per heavy atom. The maximum atomic E-state index is 13.9. The van der Waals surface area contributed by atoms with Gasteiger partial charge in [-0.1, -0.05) is 38.1 Å². The van der Waals surface area contributed by atoms with Gasteiger partial charge in [0.25, 0.3) is 11.8 Å². The number of imide groups is 1. The molecule has 1 fully saturated rings. The number of aryl methyl sites for hydroxylation is 1.